The van der Waals surface area contributed by atoms with Gasteiger partial charge in [0.1, 0.15) is 11.5 Å². The Morgan fingerprint density at radius 3 is 2.77 bits per heavy atom. The van der Waals surface area contributed by atoms with E-state index in [1.807, 2.05) is 6.92 Å². The highest BCUT2D eigenvalue weighted by Crippen LogP contribution is 2.31. The van der Waals surface area contributed by atoms with E-state index < -0.39 is 0 Å². The standard InChI is InChI=1S/C9H12O3S/c1-2-5-12-13-9-4-3-7(10)6-8(9)11/h3-4,6,10-11H,2,5H2,1H3. The van der Waals surface area contributed by atoms with E-state index in [2.05, 4.69) is 0 Å². The molecule has 0 radical (unpaired) electrons. The second-order valence-corrected chi connectivity index (χ2v) is 3.40. The van der Waals surface area contributed by atoms with Crippen molar-refractivity contribution in [1.29, 1.82) is 0 Å². The van der Waals surface area contributed by atoms with E-state index in [1.165, 1.54) is 12.1 Å². The van der Waals surface area contributed by atoms with Crippen molar-refractivity contribution in [2.45, 2.75) is 18.2 Å². The van der Waals surface area contributed by atoms with E-state index in [4.69, 9.17) is 9.29 Å². The lowest BCUT2D eigenvalue weighted by Crippen LogP contribution is -1.82. The normalized spacial score (nSPS) is 10.2. The van der Waals surface area contributed by atoms with Crippen LogP contribution in [0.25, 0.3) is 0 Å². The molecule has 0 bridgehead atoms. The van der Waals surface area contributed by atoms with E-state index in [-0.39, 0.29) is 11.5 Å². The van der Waals surface area contributed by atoms with Gasteiger partial charge in [-0.2, -0.15) is 0 Å². The minimum atomic E-state index is 0.0427. The molecule has 0 amide bonds. The molecule has 0 aliphatic carbocycles. The second kappa shape index (κ2) is 4.99. The predicted molar refractivity (Wildman–Crippen MR) is 51.9 cm³/mol. The summed E-state index contributed by atoms with van der Waals surface area (Å²) in [7, 11) is 0. The van der Waals surface area contributed by atoms with Crippen LogP contribution in [0.4, 0.5) is 0 Å². The van der Waals surface area contributed by atoms with Gasteiger partial charge in [0.2, 0.25) is 0 Å². The van der Waals surface area contributed by atoms with Crippen LogP contribution in [0.15, 0.2) is 23.1 Å². The summed E-state index contributed by atoms with van der Waals surface area (Å²) in [4.78, 5) is 0.617. The molecule has 4 heteroatoms. The van der Waals surface area contributed by atoms with E-state index >= 15 is 0 Å². The van der Waals surface area contributed by atoms with Crippen LogP contribution in [0.2, 0.25) is 0 Å². The van der Waals surface area contributed by atoms with E-state index in [0.717, 1.165) is 18.5 Å². The highest BCUT2D eigenvalue weighted by Gasteiger charge is 2.02. The molecule has 0 saturated carbocycles. The lowest BCUT2D eigenvalue weighted by atomic mass is 10.3. The number of phenols is 2. The molecule has 0 aliphatic heterocycles. The van der Waals surface area contributed by atoms with Crippen molar-refractivity contribution in [1.82, 2.24) is 0 Å². The average molecular weight is 200 g/mol. The molecule has 1 rings (SSSR count). The van der Waals surface area contributed by atoms with Gasteiger partial charge in [-0.3, -0.25) is 0 Å². The average Bonchev–Trinajstić information content (AvgIpc) is 2.09. The van der Waals surface area contributed by atoms with Gasteiger partial charge >= 0.3 is 0 Å². The molecule has 72 valence electrons. The first kappa shape index (κ1) is 10.2. The van der Waals surface area contributed by atoms with Crippen molar-refractivity contribution in [3.63, 3.8) is 0 Å². The molecule has 1 aromatic carbocycles. The summed E-state index contributed by atoms with van der Waals surface area (Å²) >= 11 is 1.12. The van der Waals surface area contributed by atoms with Crippen LogP contribution < -0.4 is 0 Å². The Labute approximate surface area is 81.6 Å². The molecule has 0 spiro atoms. The van der Waals surface area contributed by atoms with Gasteiger partial charge in [0.15, 0.2) is 0 Å². The topological polar surface area (TPSA) is 49.7 Å². The molecule has 0 fully saturated rings. The number of benzene rings is 1. The molecule has 1 aromatic rings. The van der Waals surface area contributed by atoms with Crippen molar-refractivity contribution in [2.24, 2.45) is 0 Å². The van der Waals surface area contributed by atoms with E-state index in [0.29, 0.717) is 11.5 Å². The highest BCUT2D eigenvalue weighted by atomic mass is 32.2. The Morgan fingerprint density at radius 2 is 2.15 bits per heavy atom. The lowest BCUT2D eigenvalue weighted by Gasteiger charge is -2.03. The van der Waals surface area contributed by atoms with Crippen molar-refractivity contribution >= 4 is 12.0 Å². The third-order valence-electron chi connectivity index (χ3n) is 1.38. The largest absolute Gasteiger partial charge is 0.508 e. The van der Waals surface area contributed by atoms with Crippen LogP contribution in [0.5, 0.6) is 11.5 Å². The molecule has 0 heterocycles. The number of rotatable bonds is 4. The van der Waals surface area contributed by atoms with Gasteiger partial charge in [-0.25, -0.2) is 0 Å². The van der Waals surface area contributed by atoms with Crippen LogP contribution in [0, 0.1) is 0 Å². The monoisotopic (exact) mass is 200 g/mol. The van der Waals surface area contributed by atoms with Gasteiger partial charge in [0.25, 0.3) is 0 Å². The molecule has 2 N–H and O–H groups in total. The van der Waals surface area contributed by atoms with Gasteiger partial charge in [0, 0.05) is 18.1 Å². The Morgan fingerprint density at radius 1 is 1.38 bits per heavy atom. The zero-order chi connectivity index (χ0) is 9.68. The maximum atomic E-state index is 9.33. The van der Waals surface area contributed by atoms with Gasteiger partial charge < -0.3 is 14.4 Å². The Balaban J connectivity index is 2.56. The summed E-state index contributed by atoms with van der Waals surface area (Å²) < 4.78 is 5.16. The zero-order valence-electron chi connectivity index (χ0n) is 7.36. The smallest absolute Gasteiger partial charge is 0.135 e. The quantitative estimate of drug-likeness (QED) is 0.579. The summed E-state index contributed by atoms with van der Waals surface area (Å²) in [5, 5.41) is 18.3. The fourth-order valence-corrected chi connectivity index (χ4v) is 1.41. The predicted octanol–water partition coefficient (Wildman–Crippen LogP) is 2.53. The van der Waals surface area contributed by atoms with Crippen LogP contribution >= 0.6 is 12.0 Å². The van der Waals surface area contributed by atoms with E-state index in [1.54, 1.807) is 6.07 Å². The lowest BCUT2D eigenvalue weighted by molar-refractivity contribution is 0.370. The summed E-state index contributed by atoms with van der Waals surface area (Å²) in [5.41, 5.74) is 0. The molecular formula is C9H12O3S. The van der Waals surface area contributed by atoms with Crippen molar-refractivity contribution in [3.05, 3.63) is 18.2 Å². The number of aromatic hydroxyl groups is 2. The zero-order valence-corrected chi connectivity index (χ0v) is 8.17. The first-order valence-corrected chi connectivity index (χ1v) is 4.79. The molecule has 0 unspecified atom stereocenters. The minimum Gasteiger partial charge on any atom is -0.508 e. The molecular weight excluding hydrogens is 188 g/mol. The molecule has 0 aliphatic rings. The number of phenolic OH excluding ortho intramolecular Hbond substituents is 2. The Kier molecular flexibility index (Phi) is 3.92. The highest BCUT2D eigenvalue weighted by molar-refractivity contribution is 7.94. The summed E-state index contributed by atoms with van der Waals surface area (Å²) in [6, 6.07) is 4.42. The summed E-state index contributed by atoms with van der Waals surface area (Å²) in [6.45, 7) is 2.65. The van der Waals surface area contributed by atoms with Gasteiger partial charge in [-0.05, 0) is 18.6 Å². The third-order valence-corrected chi connectivity index (χ3v) is 2.19. The molecule has 0 saturated heterocycles. The van der Waals surface area contributed by atoms with Crippen LogP contribution in [0.3, 0.4) is 0 Å². The summed E-state index contributed by atoms with van der Waals surface area (Å²) in [5.74, 6) is 0.0958. The molecule has 13 heavy (non-hydrogen) atoms. The second-order valence-electron chi connectivity index (χ2n) is 2.56. The van der Waals surface area contributed by atoms with Gasteiger partial charge in [0.05, 0.1) is 11.5 Å². The Bertz CT molecular complexity index is 276. The van der Waals surface area contributed by atoms with Crippen molar-refractivity contribution in [3.8, 4) is 11.5 Å². The van der Waals surface area contributed by atoms with Crippen LogP contribution in [-0.4, -0.2) is 16.8 Å². The fourth-order valence-electron chi connectivity index (χ4n) is 0.765. The Hall–Kier alpha value is -0.870. The van der Waals surface area contributed by atoms with Crippen LogP contribution in [0.1, 0.15) is 13.3 Å². The first-order chi connectivity index (χ1) is 6.24. The van der Waals surface area contributed by atoms with Gasteiger partial charge in [-0.15, -0.1) is 0 Å². The van der Waals surface area contributed by atoms with Crippen molar-refractivity contribution < 1.29 is 14.4 Å². The summed E-state index contributed by atoms with van der Waals surface area (Å²) in [6.07, 6.45) is 0.936. The molecule has 0 atom stereocenters. The number of hydrogen-bond acceptors (Lipinski definition) is 4. The fraction of sp³-hybridized carbons (Fsp3) is 0.333. The van der Waals surface area contributed by atoms with Gasteiger partial charge in [-0.1, -0.05) is 6.92 Å². The molecule has 0 aromatic heterocycles. The maximum Gasteiger partial charge on any atom is 0.135 e. The van der Waals surface area contributed by atoms with Crippen LogP contribution in [-0.2, 0) is 4.18 Å². The third kappa shape index (κ3) is 3.16. The van der Waals surface area contributed by atoms with E-state index in [9.17, 15) is 5.11 Å². The SMILES string of the molecule is CCCOSc1ccc(O)cc1O. The van der Waals surface area contributed by atoms with Crippen molar-refractivity contribution in [2.75, 3.05) is 6.61 Å². The minimum absolute atomic E-state index is 0.0427. The molecule has 3 nitrogen and oxygen atoms in total. The number of hydrogen-bond donors (Lipinski definition) is 2. The maximum absolute atomic E-state index is 9.33. The first-order valence-electron chi connectivity index (χ1n) is 4.05.